The van der Waals surface area contributed by atoms with Crippen molar-refractivity contribution in [3.05, 3.63) is 33.8 Å². The number of piperidine rings is 1. The highest BCUT2D eigenvalue weighted by Gasteiger charge is 2.27. The van der Waals surface area contributed by atoms with Gasteiger partial charge in [0.2, 0.25) is 0 Å². The minimum absolute atomic E-state index is 0.00367. The van der Waals surface area contributed by atoms with Crippen molar-refractivity contribution in [1.29, 1.82) is 0 Å². The van der Waals surface area contributed by atoms with E-state index in [4.69, 9.17) is 10.9 Å². The van der Waals surface area contributed by atoms with E-state index >= 15 is 0 Å². The number of halogens is 1. The lowest BCUT2D eigenvalue weighted by Crippen LogP contribution is -2.44. The van der Waals surface area contributed by atoms with Gasteiger partial charge in [0.05, 0.1) is 0 Å². The van der Waals surface area contributed by atoms with Crippen molar-refractivity contribution >= 4 is 27.7 Å². The Morgan fingerprint density at radius 3 is 2.95 bits per heavy atom. The molecule has 2 rings (SSSR count). The monoisotopic (exact) mass is 339 g/mol. The summed E-state index contributed by atoms with van der Waals surface area (Å²) in [4.78, 5) is 14.3. The van der Waals surface area contributed by atoms with E-state index < -0.39 is 0 Å². The Morgan fingerprint density at radius 1 is 1.55 bits per heavy atom. The highest BCUT2D eigenvalue weighted by Crippen LogP contribution is 2.21. The fourth-order valence-corrected chi connectivity index (χ4v) is 2.69. The van der Waals surface area contributed by atoms with Gasteiger partial charge in [0.1, 0.15) is 5.84 Å². The zero-order valence-corrected chi connectivity index (χ0v) is 12.9. The molecule has 0 aliphatic carbocycles. The van der Waals surface area contributed by atoms with E-state index in [2.05, 4.69) is 21.1 Å². The van der Waals surface area contributed by atoms with E-state index in [0.717, 1.165) is 22.9 Å². The molecule has 1 atom stereocenters. The molecule has 1 aliphatic heterocycles. The molecule has 1 saturated heterocycles. The van der Waals surface area contributed by atoms with Gasteiger partial charge in [-0.15, -0.1) is 0 Å². The number of rotatable bonds is 2. The lowest BCUT2D eigenvalue weighted by atomic mass is 9.96. The molecule has 1 fully saturated rings. The maximum atomic E-state index is 12.5. The van der Waals surface area contributed by atoms with E-state index in [0.29, 0.717) is 18.7 Å². The van der Waals surface area contributed by atoms with Gasteiger partial charge in [0.15, 0.2) is 0 Å². The van der Waals surface area contributed by atoms with Gasteiger partial charge in [0, 0.05) is 29.0 Å². The van der Waals surface area contributed by atoms with Gasteiger partial charge >= 0.3 is 0 Å². The molecule has 6 heteroatoms. The van der Waals surface area contributed by atoms with Gasteiger partial charge in [0.25, 0.3) is 5.91 Å². The zero-order chi connectivity index (χ0) is 14.7. The molecule has 20 heavy (non-hydrogen) atoms. The van der Waals surface area contributed by atoms with Crippen LogP contribution in [-0.4, -0.2) is 34.9 Å². The number of nitrogens with zero attached hydrogens (tertiary/aromatic N) is 2. The fourth-order valence-electron chi connectivity index (χ4n) is 2.44. The molecule has 0 saturated carbocycles. The first-order chi connectivity index (χ1) is 9.52. The van der Waals surface area contributed by atoms with Gasteiger partial charge in [-0.05, 0) is 43.5 Å². The average Bonchev–Trinajstić information content (AvgIpc) is 2.48. The topological polar surface area (TPSA) is 78.9 Å². The molecule has 1 aliphatic rings. The number of nitrogens with two attached hydrogens (primary N) is 1. The van der Waals surface area contributed by atoms with Crippen LogP contribution in [0.5, 0.6) is 0 Å². The summed E-state index contributed by atoms with van der Waals surface area (Å²) in [5.41, 5.74) is 7.35. The number of hydrogen-bond acceptors (Lipinski definition) is 3. The number of hydrogen-bond donors (Lipinski definition) is 2. The molecule has 0 spiro atoms. The molecule has 3 N–H and O–H groups in total. The van der Waals surface area contributed by atoms with Crippen LogP contribution in [0.4, 0.5) is 0 Å². The first kappa shape index (κ1) is 14.8. The average molecular weight is 340 g/mol. The van der Waals surface area contributed by atoms with E-state index in [1.54, 1.807) is 4.90 Å². The largest absolute Gasteiger partial charge is 0.409 e. The van der Waals surface area contributed by atoms with Crippen LogP contribution in [0.15, 0.2) is 27.8 Å². The standard InChI is InChI=1S/C14H18BrN3O2/c1-9-7-10(4-5-12(9)15)14(19)18-6-2-3-11(8-18)13(16)17-20/h4-5,7,11,20H,2-3,6,8H2,1H3,(H2,16,17). The molecule has 0 bridgehead atoms. The Kier molecular flexibility index (Phi) is 4.65. The Morgan fingerprint density at radius 2 is 2.30 bits per heavy atom. The summed E-state index contributed by atoms with van der Waals surface area (Å²) in [5, 5.41) is 11.8. The Balaban J connectivity index is 2.14. The van der Waals surface area contributed by atoms with Crippen LogP contribution in [0, 0.1) is 12.8 Å². The number of benzene rings is 1. The first-order valence-electron chi connectivity index (χ1n) is 6.55. The smallest absolute Gasteiger partial charge is 0.253 e. The van der Waals surface area contributed by atoms with Crippen molar-refractivity contribution in [3.8, 4) is 0 Å². The predicted octanol–water partition coefficient (Wildman–Crippen LogP) is 2.36. The summed E-state index contributed by atoms with van der Waals surface area (Å²) in [6, 6.07) is 5.57. The molecule has 5 nitrogen and oxygen atoms in total. The summed E-state index contributed by atoms with van der Waals surface area (Å²) >= 11 is 3.43. The van der Waals surface area contributed by atoms with Crippen LogP contribution >= 0.6 is 15.9 Å². The Labute approximate surface area is 126 Å². The minimum Gasteiger partial charge on any atom is -0.409 e. The molecule has 1 unspecified atom stereocenters. The molecule has 0 aromatic heterocycles. The number of aryl methyl sites for hydroxylation is 1. The molecular weight excluding hydrogens is 322 g/mol. The van der Waals surface area contributed by atoms with Crippen molar-refractivity contribution in [2.24, 2.45) is 16.8 Å². The summed E-state index contributed by atoms with van der Waals surface area (Å²) in [5.74, 6) is 0.139. The molecule has 0 radical (unpaired) electrons. The number of amidine groups is 1. The molecule has 1 heterocycles. The highest BCUT2D eigenvalue weighted by molar-refractivity contribution is 9.10. The van der Waals surface area contributed by atoms with Crippen LogP contribution in [-0.2, 0) is 0 Å². The summed E-state index contributed by atoms with van der Waals surface area (Å²) in [6.07, 6.45) is 1.71. The third-order valence-corrected chi connectivity index (χ3v) is 4.54. The van der Waals surface area contributed by atoms with Crippen LogP contribution < -0.4 is 5.73 Å². The molecule has 1 amide bonds. The quantitative estimate of drug-likeness (QED) is 0.375. The van der Waals surface area contributed by atoms with E-state index in [1.165, 1.54) is 0 Å². The SMILES string of the molecule is Cc1cc(C(=O)N2CCCC(/C(N)=N/O)C2)ccc1Br. The summed E-state index contributed by atoms with van der Waals surface area (Å²) in [7, 11) is 0. The second-order valence-electron chi connectivity index (χ2n) is 5.08. The molecular formula is C14H18BrN3O2. The number of oxime groups is 1. The lowest BCUT2D eigenvalue weighted by Gasteiger charge is -2.32. The van der Waals surface area contributed by atoms with Crippen LogP contribution in [0.25, 0.3) is 0 Å². The third-order valence-electron chi connectivity index (χ3n) is 3.65. The second kappa shape index (κ2) is 6.26. The van der Waals surface area contributed by atoms with Gasteiger partial charge in [-0.2, -0.15) is 0 Å². The summed E-state index contributed by atoms with van der Waals surface area (Å²) < 4.78 is 0.988. The normalized spacial score (nSPS) is 20.0. The highest BCUT2D eigenvalue weighted by atomic mass is 79.9. The van der Waals surface area contributed by atoms with Gasteiger partial charge in [-0.25, -0.2) is 0 Å². The van der Waals surface area contributed by atoms with E-state index in [9.17, 15) is 4.79 Å². The Bertz CT molecular complexity index is 545. The van der Waals surface area contributed by atoms with E-state index in [1.807, 2.05) is 25.1 Å². The van der Waals surface area contributed by atoms with Gasteiger partial charge in [-0.1, -0.05) is 21.1 Å². The van der Waals surface area contributed by atoms with Crippen LogP contribution in [0.2, 0.25) is 0 Å². The Hall–Kier alpha value is -1.56. The fraction of sp³-hybridized carbons (Fsp3) is 0.429. The van der Waals surface area contributed by atoms with Crippen molar-refractivity contribution in [2.45, 2.75) is 19.8 Å². The predicted molar refractivity (Wildman–Crippen MR) is 80.9 cm³/mol. The maximum absolute atomic E-state index is 12.5. The van der Waals surface area contributed by atoms with Crippen molar-refractivity contribution in [1.82, 2.24) is 4.90 Å². The van der Waals surface area contributed by atoms with Crippen molar-refractivity contribution < 1.29 is 10.0 Å². The third kappa shape index (κ3) is 3.12. The van der Waals surface area contributed by atoms with Crippen molar-refractivity contribution in [2.75, 3.05) is 13.1 Å². The number of carbonyl (C=O) groups is 1. The van der Waals surface area contributed by atoms with Crippen LogP contribution in [0.3, 0.4) is 0 Å². The lowest BCUT2D eigenvalue weighted by molar-refractivity contribution is 0.0701. The number of carbonyl (C=O) groups excluding carboxylic acids is 1. The van der Waals surface area contributed by atoms with Crippen molar-refractivity contribution in [3.63, 3.8) is 0 Å². The number of amides is 1. The molecule has 108 valence electrons. The van der Waals surface area contributed by atoms with Gasteiger partial charge in [-0.3, -0.25) is 4.79 Å². The zero-order valence-electron chi connectivity index (χ0n) is 11.3. The number of likely N-dealkylation sites (tertiary alicyclic amines) is 1. The van der Waals surface area contributed by atoms with E-state index in [-0.39, 0.29) is 17.7 Å². The maximum Gasteiger partial charge on any atom is 0.253 e. The second-order valence-corrected chi connectivity index (χ2v) is 5.93. The van der Waals surface area contributed by atoms with Crippen LogP contribution in [0.1, 0.15) is 28.8 Å². The van der Waals surface area contributed by atoms with Gasteiger partial charge < -0.3 is 15.8 Å². The molecule has 1 aromatic carbocycles. The molecule has 1 aromatic rings. The first-order valence-corrected chi connectivity index (χ1v) is 7.35. The summed E-state index contributed by atoms with van der Waals surface area (Å²) in [6.45, 7) is 3.17. The minimum atomic E-state index is -0.0609.